The van der Waals surface area contributed by atoms with Crippen molar-refractivity contribution >= 4 is 60.6 Å². The summed E-state index contributed by atoms with van der Waals surface area (Å²) in [5, 5.41) is 10.1. The van der Waals surface area contributed by atoms with Gasteiger partial charge in [0.25, 0.3) is 20.2 Å². The van der Waals surface area contributed by atoms with Crippen molar-refractivity contribution in [2.75, 3.05) is 6.61 Å². The number of unbranched alkanes of at least 4 members (excludes halogenated alkanes) is 1. The summed E-state index contributed by atoms with van der Waals surface area (Å²) in [6.07, 6.45) is 1.24. The Balaban J connectivity index is 0.00000288. The zero-order valence-corrected chi connectivity index (χ0v) is 16.9. The molecule has 10 heteroatoms. The second kappa shape index (κ2) is 8.13. The van der Waals surface area contributed by atoms with E-state index in [2.05, 4.69) is 0 Å². The van der Waals surface area contributed by atoms with E-state index < -0.39 is 35.8 Å². The van der Waals surface area contributed by atoms with Crippen molar-refractivity contribution in [1.82, 2.24) is 0 Å². The van der Waals surface area contributed by atoms with Crippen LogP contribution >= 0.6 is 0 Å². The summed E-state index contributed by atoms with van der Waals surface area (Å²) in [5.74, 6) is -0.712. The summed E-state index contributed by atoms with van der Waals surface area (Å²) >= 11 is 0. The molecule has 0 aliphatic carbocycles. The Bertz CT molecular complexity index is 937. The van der Waals surface area contributed by atoms with Crippen LogP contribution in [0.2, 0.25) is 0 Å². The molecule has 0 fully saturated rings. The predicted molar refractivity (Wildman–Crippen MR) is 89.2 cm³/mol. The van der Waals surface area contributed by atoms with Gasteiger partial charge in [-0.15, -0.1) is 0 Å². The fourth-order valence-corrected chi connectivity index (χ4v) is 3.95. The van der Waals surface area contributed by atoms with E-state index in [9.17, 15) is 26.5 Å². The van der Waals surface area contributed by atoms with E-state index in [0.29, 0.717) is 12.5 Å². The second-order valence-corrected chi connectivity index (χ2v) is 7.85. The number of benzene rings is 2. The molecule has 0 spiro atoms. The van der Waals surface area contributed by atoms with Gasteiger partial charge in [-0.25, -0.2) is 0 Å². The second-order valence-electron chi connectivity index (χ2n) is 4.87. The van der Waals surface area contributed by atoms with Crippen LogP contribution in [0, 0.1) is 0 Å². The van der Waals surface area contributed by atoms with Crippen LogP contribution in [0.3, 0.4) is 0 Å². The van der Waals surface area contributed by atoms with Crippen LogP contribution in [0.15, 0.2) is 40.1 Å². The Morgan fingerprint density at radius 2 is 1.62 bits per heavy atom. The van der Waals surface area contributed by atoms with E-state index in [1.165, 1.54) is 18.2 Å². The molecule has 2 aromatic rings. The van der Waals surface area contributed by atoms with Crippen LogP contribution in [0.4, 0.5) is 0 Å². The maximum Gasteiger partial charge on any atom is 0.298 e. The third-order valence-electron chi connectivity index (χ3n) is 3.23. The SMILES string of the molecule is CCCCOS(=O)(=O)c1cc(S(=O)(=O)O)c(O)c2ccccc12.[Na]. The summed E-state index contributed by atoms with van der Waals surface area (Å²) in [6.45, 7) is 1.82. The fourth-order valence-electron chi connectivity index (χ4n) is 2.08. The van der Waals surface area contributed by atoms with Gasteiger partial charge in [0, 0.05) is 40.3 Å². The van der Waals surface area contributed by atoms with Crippen molar-refractivity contribution < 1.29 is 30.7 Å². The third kappa shape index (κ3) is 4.48. The number of hydrogen-bond acceptors (Lipinski definition) is 6. The van der Waals surface area contributed by atoms with Crippen molar-refractivity contribution in [2.45, 2.75) is 29.6 Å². The van der Waals surface area contributed by atoms with Crippen LogP contribution in [0.25, 0.3) is 10.8 Å². The zero-order chi connectivity index (χ0) is 17.3. The summed E-state index contributed by atoms with van der Waals surface area (Å²) in [5.41, 5.74) is 0. The van der Waals surface area contributed by atoms with Crippen molar-refractivity contribution in [1.29, 1.82) is 0 Å². The van der Waals surface area contributed by atoms with Crippen LogP contribution in [0.1, 0.15) is 19.8 Å². The van der Waals surface area contributed by atoms with Crippen molar-refractivity contribution in [3.63, 3.8) is 0 Å². The molecule has 2 rings (SSSR count). The number of hydrogen-bond donors (Lipinski definition) is 2. The van der Waals surface area contributed by atoms with Gasteiger partial charge in [-0.1, -0.05) is 37.6 Å². The molecule has 2 N–H and O–H groups in total. The van der Waals surface area contributed by atoms with Crippen LogP contribution in [-0.2, 0) is 24.4 Å². The van der Waals surface area contributed by atoms with Gasteiger partial charge in [-0.2, -0.15) is 16.8 Å². The molecular formula is C14H16NaO7S2. The summed E-state index contributed by atoms with van der Waals surface area (Å²) in [7, 11) is -9.05. The zero-order valence-electron chi connectivity index (χ0n) is 13.3. The average Bonchev–Trinajstić information content (AvgIpc) is 2.46. The van der Waals surface area contributed by atoms with E-state index in [-0.39, 0.29) is 46.9 Å². The van der Waals surface area contributed by atoms with E-state index in [1.54, 1.807) is 6.07 Å². The number of phenolic OH excluding ortho intramolecular Hbond substituents is 1. The molecule has 127 valence electrons. The molecule has 0 saturated carbocycles. The first kappa shape index (κ1) is 21.4. The van der Waals surface area contributed by atoms with E-state index in [1.807, 2.05) is 6.92 Å². The Morgan fingerprint density at radius 3 is 2.17 bits per heavy atom. The molecule has 0 saturated heterocycles. The number of fused-ring (bicyclic) bond motifs is 1. The number of rotatable bonds is 6. The molecule has 2 aromatic carbocycles. The van der Waals surface area contributed by atoms with Crippen molar-refractivity contribution in [3.8, 4) is 5.75 Å². The first-order valence-corrected chi connectivity index (χ1v) is 9.65. The Kier molecular flexibility index (Phi) is 7.24. The number of aromatic hydroxyl groups is 1. The molecule has 0 heterocycles. The monoisotopic (exact) mass is 383 g/mol. The molecule has 24 heavy (non-hydrogen) atoms. The minimum atomic E-state index is -4.80. The topological polar surface area (TPSA) is 118 Å². The Labute approximate surface area is 162 Å². The van der Waals surface area contributed by atoms with Gasteiger partial charge in [0.1, 0.15) is 15.5 Å². The minimum Gasteiger partial charge on any atom is -0.506 e. The smallest absolute Gasteiger partial charge is 0.298 e. The fraction of sp³-hybridized carbons (Fsp3) is 0.286. The molecule has 0 bridgehead atoms. The average molecular weight is 383 g/mol. The van der Waals surface area contributed by atoms with Crippen molar-refractivity contribution in [3.05, 3.63) is 30.3 Å². The van der Waals surface area contributed by atoms with Crippen LogP contribution < -0.4 is 0 Å². The molecule has 0 unspecified atom stereocenters. The van der Waals surface area contributed by atoms with Gasteiger partial charge >= 0.3 is 0 Å². The Morgan fingerprint density at radius 1 is 1.04 bits per heavy atom. The van der Waals surface area contributed by atoms with Gasteiger partial charge in [-0.05, 0) is 12.5 Å². The third-order valence-corrected chi connectivity index (χ3v) is 5.45. The molecule has 1 radical (unpaired) electrons. The molecule has 0 aliphatic rings. The van der Waals surface area contributed by atoms with E-state index >= 15 is 0 Å². The normalized spacial score (nSPS) is 12.1. The standard InChI is InChI=1S/C14H16O7S2.Na/c1-2-3-8-21-23(19,20)12-9-13(22(16,17)18)14(15)11-7-5-4-6-10(11)12;/h4-7,9,15H,2-3,8H2,1H3,(H,16,17,18);. The molecule has 7 nitrogen and oxygen atoms in total. The first-order valence-electron chi connectivity index (χ1n) is 6.80. The van der Waals surface area contributed by atoms with Gasteiger partial charge in [-0.3, -0.25) is 8.74 Å². The largest absolute Gasteiger partial charge is 0.506 e. The Hall–Kier alpha value is -0.680. The number of phenols is 1. The van der Waals surface area contributed by atoms with E-state index in [4.69, 9.17) is 4.18 Å². The quantitative estimate of drug-likeness (QED) is 0.339. The molecular weight excluding hydrogens is 367 g/mol. The molecule has 0 aliphatic heterocycles. The maximum absolute atomic E-state index is 12.3. The molecule has 0 amide bonds. The summed E-state index contributed by atoms with van der Waals surface area (Å²) in [4.78, 5) is -1.30. The maximum atomic E-state index is 12.3. The van der Waals surface area contributed by atoms with E-state index in [0.717, 1.165) is 6.42 Å². The van der Waals surface area contributed by atoms with Gasteiger partial charge in [0.2, 0.25) is 0 Å². The summed E-state index contributed by atoms with van der Waals surface area (Å²) < 4.78 is 61.6. The first-order chi connectivity index (χ1) is 10.7. The summed E-state index contributed by atoms with van der Waals surface area (Å²) in [6, 6.07) is 6.52. The molecule has 0 atom stereocenters. The van der Waals surface area contributed by atoms with Crippen LogP contribution in [0.5, 0.6) is 5.75 Å². The van der Waals surface area contributed by atoms with Gasteiger partial charge in [0.15, 0.2) is 0 Å². The van der Waals surface area contributed by atoms with Gasteiger partial charge < -0.3 is 5.11 Å². The van der Waals surface area contributed by atoms with Gasteiger partial charge in [0.05, 0.1) is 6.61 Å². The minimum absolute atomic E-state index is 0. The molecule has 0 aromatic heterocycles. The van der Waals surface area contributed by atoms with Crippen LogP contribution in [-0.4, -0.2) is 62.7 Å². The van der Waals surface area contributed by atoms with Crippen molar-refractivity contribution in [2.24, 2.45) is 0 Å². The predicted octanol–water partition coefficient (Wildman–Crippen LogP) is 1.92.